The highest BCUT2D eigenvalue weighted by Crippen LogP contribution is 2.31. The number of carbonyl (C=O) groups is 1. The number of aromatic nitrogens is 2. The van der Waals surface area contributed by atoms with Crippen molar-refractivity contribution in [3.63, 3.8) is 0 Å². The lowest BCUT2D eigenvalue weighted by molar-refractivity contribution is 0.0686. The average Bonchev–Trinajstić information content (AvgIpc) is 2.59. The Morgan fingerprint density at radius 3 is 2.59 bits per heavy atom. The van der Waals surface area contributed by atoms with Crippen molar-refractivity contribution >= 4 is 17.7 Å². The Morgan fingerprint density at radius 1 is 1.41 bits per heavy atom. The second-order valence-corrected chi connectivity index (χ2v) is 4.74. The number of carboxylic acid groups (broad SMARTS) is 1. The van der Waals surface area contributed by atoms with Gasteiger partial charge in [0, 0.05) is 34.9 Å². The Labute approximate surface area is 103 Å². The highest BCUT2D eigenvalue weighted by atomic mass is 32.2. The van der Waals surface area contributed by atoms with Crippen molar-refractivity contribution in [3.8, 4) is 0 Å². The van der Waals surface area contributed by atoms with Crippen LogP contribution in [0.25, 0.3) is 0 Å². The Kier molecular flexibility index (Phi) is 3.19. The largest absolute Gasteiger partial charge is 0.477 e. The van der Waals surface area contributed by atoms with Crippen molar-refractivity contribution in [3.05, 3.63) is 42.0 Å². The molecule has 17 heavy (non-hydrogen) atoms. The minimum atomic E-state index is -0.905. The van der Waals surface area contributed by atoms with Gasteiger partial charge in [-0.1, -0.05) is 11.8 Å². The van der Waals surface area contributed by atoms with Crippen molar-refractivity contribution in [1.29, 1.82) is 0 Å². The molecule has 2 aromatic rings. The monoisotopic (exact) mass is 248 g/mol. The van der Waals surface area contributed by atoms with Gasteiger partial charge < -0.3 is 9.67 Å². The molecule has 4 nitrogen and oxygen atoms in total. The Balaban J connectivity index is 2.34. The second kappa shape index (κ2) is 4.63. The fourth-order valence-corrected chi connectivity index (χ4v) is 2.48. The number of pyridine rings is 1. The Hall–Kier alpha value is -1.75. The lowest BCUT2D eigenvalue weighted by Crippen LogP contribution is -2.04. The number of rotatable bonds is 3. The number of aromatic carboxylic acids is 1. The molecular weight excluding hydrogens is 236 g/mol. The molecule has 0 atom stereocenters. The van der Waals surface area contributed by atoms with Crippen molar-refractivity contribution in [2.75, 3.05) is 0 Å². The standard InChI is InChI=1S/C12H12N2O2S/c1-8-11(7-10(12(15)16)14(8)2)17-9-3-5-13-6-4-9/h3-7H,1-2H3,(H,15,16). The van der Waals surface area contributed by atoms with E-state index in [1.165, 1.54) is 0 Å². The maximum absolute atomic E-state index is 11.0. The zero-order valence-electron chi connectivity index (χ0n) is 9.54. The molecule has 1 N–H and O–H groups in total. The summed E-state index contributed by atoms with van der Waals surface area (Å²) in [5, 5.41) is 9.03. The van der Waals surface area contributed by atoms with E-state index in [4.69, 9.17) is 5.11 Å². The molecule has 0 amide bonds. The molecule has 0 spiro atoms. The summed E-state index contributed by atoms with van der Waals surface area (Å²) < 4.78 is 1.69. The lowest BCUT2D eigenvalue weighted by Gasteiger charge is -2.02. The van der Waals surface area contributed by atoms with Crippen LogP contribution in [0.1, 0.15) is 16.2 Å². The van der Waals surface area contributed by atoms with Gasteiger partial charge in [0.25, 0.3) is 0 Å². The molecular formula is C12H12N2O2S. The van der Waals surface area contributed by atoms with Gasteiger partial charge in [-0.05, 0) is 25.1 Å². The summed E-state index contributed by atoms with van der Waals surface area (Å²) in [6, 6.07) is 5.50. The van der Waals surface area contributed by atoms with Crippen molar-refractivity contribution in [2.24, 2.45) is 7.05 Å². The third-order valence-corrected chi connectivity index (χ3v) is 3.73. The summed E-state index contributed by atoms with van der Waals surface area (Å²) in [7, 11) is 1.76. The van der Waals surface area contributed by atoms with Crippen LogP contribution >= 0.6 is 11.8 Å². The van der Waals surface area contributed by atoms with E-state index in [2.05, 4.69) is 4.98 Å². The van der Waals surface area contributed by atoms with E-state index in [1.54, 1.807) is 41.8 Å². The van der Waals surface area contributed by atoms with Crippen LogP contribution in [0, 0.1) is 6.92 Å². The van der Waals surface area contributed by atoms with Gasteiger partial charge in [0.1, 0.15) is 5.69 Å². The van der Waals surface area contributed by atoms with Crippen LogP contribution in [0.4, 0.5) is 0 Å². The molecule has 2 rings (SSSR count). The van der Waals surface area contributed by atoms with E-state index in [-0.39, 0.29) is 0 Å². The molecule has 0 fully saturated rings. The van der Waals surface area contributed by atoms with E-state index in [0.717, 1.165) is 15.5 Å². The van der Waals surface area contributed by atoms with E-state index in [1.807, 2.05) is 19.1 Å². The van der Waals surface area contributed by atoms with Crippen molar-refractivity contribution in [1.82, 2.24) is 9.55 Å². The van der Waals surface area contributed by atoms with E-state index >= 15 is 0 Å². The van der Waals surface area contributed by atoms with Crippen molar-refractivity contribution < 1.29 is 9.90 Å². The van der Waals surface area contributed by atoms with Gasteiger partial charge in [-0.25, -0.2) is 4.79 Å². The van der Waals surface area contributed by atoms with E-state index < -0.39 is 5.97 Å². The quantitative estimate of drug-likeness (QED) is 0.907. The molecule has 0 saturated heterocycles. The molecule has 0 aromatic carbocycles. The summed E-state index contributed by atoms with van der Waals surface area (Å²) in [6.07, 6.45) is 3.44. The predicted octanol–water partition coefficient (Wildman–Crippen LogP) is 2.58. The van der Waals surface area contributed by atoms with Gasteiger partial charge in [0.2, 0.25) is 0 Å². The van der Waals surface area contributed by atoms with Gasteiger partial charge >= 0.3 is 5.97 Å². The topological polar surface area (TPSA) is 55.1 Å². The first-order chi connectivity index (χ1) is 8.09. The molecule has 0 aliphatic rings. The van der Waals surface area contributed by atoms with Gasteiger partial charge in [-0.3, -0.25) is 4.98 Å². The zero-order chi connectivity index (χ0) is 12.4. The third-order valence-electron chi connectivity index (χ3n) is 2.59. The van der Waals surface area contributed by atoms with Gasteiger partial charge in [0.05, 0.1) is 0 Å². The Morgan fingerprint density at radius 2 is 2.06 bits per heavy atom. The van der Waals surface area contributed by atoms with Crippen LogP contribution in [0.5, 0.6) is 0 Å². The van der Waals surface area contributed by atoms with E-state index in [0.29, 0.717) is 5.69 Å². The molecule has 5 heteroatoms. The van der Waals surface area contributed by atoms with Crippen LogP contribution in [0.15, 0.2) is 40.4 Å². The highest BCUT2D eigenvalue weighted by molar-refractivity contribution is 7.99. The van der Waals surface area contributed by atoms with Crippen LogP contribution in [0.2, 0.25) is 0 Å². The fourth-order valence-electron chi connectivity index (χ4n) is 1.51. The maximum Gasteiger partial charge on any atom is 0.352 e. The third kappa shape index (κ3) is 2.34. The first-order valence-corrected chi connectivity index (χ1v) is 5.88. The zero-order valence-corrected chi connectivity index (χ0v) is 10.4. The highest BCUT2D eigenvalue weighted by Gasteiger charge is 2.14. The van der Waals surface area contributed by atoms with Gasteiger partial charge in [-0.15, -0.1) is 0 Å². The SMILES string of the molecule is Cc1c(Sc2ccncc2)cc(C(=O)O)n1C. The molecule has 2 heterocycles. The van der Waals surface area contributed by atoms with Crippen LogP contribution in [-0.2, 0) is 7.05 Å². The Bertz CT molecular complexity index is 549. The summed E-state index contributed by atoms with van der Waals surface area (Å²) in [5.41, 5.74) is 1.25. The number of hydrogen-bond acceptors (Lipinski definition) is 3. The predicted molar refractivity (Wildman–Crippen MR) is 65.5 cm³/mol. The molecule has 0 aliphatic heterocycles. The minimum absolute atomic E-state index is 0.305. The molecule has 0 radical (unpaired) electrons. The maximum atomic E-state index is 11.0. The molecule has 0 aliphatic carbocycles. The molecule has 2 aromatic heterocycles. The van der Waals surface area contributed by atoms with Crippen LogP contribution in [0.3, 0.4) is 0 Å². The smallest absolute Gasteiger partial charge is 0.352 e. The van der Waals surface area contributed by atoms with Gasteiger partial charge in [0.15, 0.2) is 0 Å². The molecule has 0 saturated carbocycles. The normalized spacial score (nSPS) is 10.5. The van der Waals surface area contributed by atoms with E-state index in [9.17, 15) is 4.79 Å². The fraction of sp³-hybridized carbons (Fsp3) is 0.167. The summed E-state index contributed by atoms with van der Waals surface area (Å²) in [5.74, 6) is -0.905. The summed E-state index contributed by atoms with van der Waals surface area (Å²) in [4.78, 5) is 16.9. The minimum Gasteiger partial charge on any atom is -0.477 e. The molecule has 0 unspecified atom stereocenters. The number of carboxylic acids is 1. The van der Waals surface area contributed by atoms with Crippen molar-refractivity contribution in [2.45, 2.75) is 16.7 Å². The molecule has 0 bridgehead atoms. The average molecular weight is 248 g/mol. The second-order valence-electron chi connectivity index (χ2n) is 3.63. The first kappa shape index (κ1) is 11.7. The molecule has 88 valence electrons. The van der Waals surface area contributed by atoms with Gasteiger partial charge in [-0.2, -0.15) is 0 Å². The number of hydrogen-bond donors (Lipinski definition) is 1. The first-order valence-electron chi connectivity index (χ1n) is 5.07. The number of nitrogens with zero attached hydrogens (tertiary/aromatic N) is 2. The lowest BCUT2D eigenvalue weighted by atomic mass is 10.4. The van der Waals surface area contributed by atoms with Crippen LogP contribution in [-0.4, -0.2) is 20.6 Å². The summed E-state index contributed by atoms with van der Waals surface area (Å²) in [6.45, 7) is 1.91. The summed E-state index contributed by atoms with van der Waals surface area (Å²) >= 11 is 1.54. The van der Waals surface area contributed by atoms with Crippen LogP contribution < -0.4 is 0 Å².